The quantitative estimate of drug-likeness (QED) is 0.352. The molecule has 4 aromatic rings. The summed E-state index contributed by atoms with van der Waals surface area (Å²) in [5, 5.41) is 21.2. The van der Waals surface area contributed by atoms with Crippen LogP contribution in [0.4, 0.5) is 18.9 Å². The number of aliphatic hydroxyl groups excluding tert-OH is 2. The minimum Gasteiger partial charge on any atom is -0.474 e. The van der Waals surface area contributed by atoms with Crippen molar-refractivity contribution in [3.63, 3.8) is 0 Å². The average molecular weight is 500 g/mol. The topological polar surface area (TPSA) is 122 Å². The summed E-state index contributed by atoms with van der Waals surface area (Å²) in [6, 6.07) is 12.8. The van der Waals surface area contributed by atoms with Gasteiger partial charge in [-0.3, -0.25) is 9.59 Å². The van der Waals surface area contributed by atoms with E-state index < -0.39 is 35.8 Å². The normalized spacial score (nSPS) is 12.4. The van der Waals surface area contributed by atoms with Crippen LogP contribution in [0.3, 0.4) is 0 Å². The lowest BCUT2D eigenvalue weighted by molar-refractivity contribution is -0.137. The molecule has 0 aliphatic heterocycles. The second-order valence-corrected chi connectivity index (χ2v) is 7.69. The van der Waals surface area contributed by atoms with Crippen molar-refractivity contribution in [1.82, 2.24) is 4.98 Å². The van der Waals surface area contributed by atoms with Crippen molar-refractivity contribution in [2.75, 3.05) is 18.5 Å². The molecule has 2 aromatic heterocycles. The maximum atomic E-state index is 13.2. The highest BCUT2D eigenvalue weighted by Crippen LogP contribution is 2.33. The van der Waals surface area contributed by atoms with Crippen LogP contribution in [0.1, 0.15) is 15.9 Å². The van der Waals surface area contributed by atoms with Crippen molar-refractivity contribution >= 4 is 22.6 Å². The molecule has 36 heavy (non-hydrogen) atoms. The van der Waals surface area contributed by atoms with Gasteiger partial charge in [0.15, 0.2) is 11.0 Å². The number of rotatable bonds is 7. The first-order valence-electron chi connectivity index (χ1n) is 10.6. The zero-order valence-electron chi connectivity index (χ0n) is 18.5. The molecule has 0 saturated heterocycles. The van der Waals surface area contributed by atoms with Crippen LogP contribution >= 0.6 is 0 Å². The molecule has 0 aliphatic rings. The summed E-state index contributed by atoms with van der Waals surface area (Å²) in [4.78, 5) is 29.7. The van der Waals surface area contributed by atoms with Crippen LogP contribution < -0.4 is 15.5 Å². The van der Waals surface area contributed by atoms with Gasteiger partial charge in [-0.2, -0.15) is 13.2 Å². The van der Waals surface area contributed by atoms with Gasteiger partial charge in [0.1, 0.15) is 24.0 Å². The van der Waals surface area contributed by atoms with Crippen molar-refractivity contribution in [3.8, 4) is 17.2 Å². The molecule has 0 radical (unpaired) electrons. The van der Waals surface area contributed by atoms with E-state index in [2.05, 4.69) is 10.3 Å². The van der Waals surface area contributed by atoms with E-state index in [1.54, 1.807) is 0 Å². The summed E-state index contributed by atoms with van der Waals surface area (Å²) in [5.41, 5.74) is -1.32. The molecule has 8 nitrogen and oxygen atoms in total. The van der Waals surface area contributed by atoms with Gasteiger partial charge in [0, 0.05) is 17.8 Å². The molecule has 4 rings (SSSR count). The first-order chi connectivity index (χ1) is 17.2. The number of hydrogen-bond donors (Lipinski definition) is 3. The molecule has 3 N–H and O–H groups in total. The Kier molecular flexibility index (Phi) is 7.04. The second-order valence-electron chi connectivity index (χ2n) is 7.69. The Bertz CT molecular complexity index is 1470. The molecule has 0 aliphatic carbocycles. The highest BCUT2D eigenvalue weighted by Gasteiger charge is 2.30. The van der Waals surface area contributed by atoms with Gasteiger partial charge in [0.05, 0.1) is 23.2 Å². The van der Waals surface area contributed by atoms with E-state index >= 15 is 0 Å². The lowest BCUT2D eigenvalue weighted by Gasteiger charge is -2.13. The monoisotopic (exact) mass is 500 g/mol. The van der Waals surface area contributed by atoms with Crippen molar-refractivity contribution in [2.24, 2.45) is 0 Å². The van der Waals surface area contributed by atoms with E-state index in [-0.39, 0.29) is 46.0 Å². The SMILES string of the molecule is O=C(Nc1cccc2c(=O)cc(-c3cccc(C(F)(F)F)c3)oc12)c1cccnc1OC[C@@H](O)CO. The number of para-hydroxylation sites is 1. The Morgan fingerprint density at radius 1 is 1.11 bits per heavy atom. The number of pyridine rings is 1. The number of anilines is 1. The average Bonchev–Trinajstić information content (AvgIpc) is 2.87. The highest BCUT2D eigenvalue weighted by molar-refractivity contribution is 6.09. The summed E-state index contributed by atoms with van der Waals surface area (Å²) in [6.45, 7) is -0.852. The van der Waals surface area contributed by atoms with Crippen LogP contribution in [0.5, 0.6) is 5.88 Å². The van der Waals surface area contributed by atoms with Crippen LogP contribution in [0.2, 0.25) is 0 Å². The number of nitrogens with zero attached hydrogens (tertiary/aromatic N) is 1. The van der Waals surface area contributed by atoms with Gasteiger partial charge in [-0.15, -0.1) is 0 Å². The van der Waals surface area contributed by atoms with Crippen LogP contribution in [0.15, 0.2) is 76.1 Å². The van der Waals surface area contributed by atoms with Gasteiger partial charge >= 0.3 is 6.18 Å². The fraction of sp³-hybridized carbons (Fsp3) is 0.160. The molecule has 0 unspecified atom stereocenters. The second kappa shape index (κ2) is 10.2. The van der Waals surface area contributed by atoms with E-state index in [1.165, 1.54) is 48.7 Å². The van der Waals surface area contributed by atoms with Crippen LogP contribution in [0, 0.1) is 0 Å². The van der Waals surface area contributed by atoms with Crippen LogP contribution in [0.25, 0.3) is 22.3 Å². The molecular weight excluding hydrogens is 481 g/mol. The molecule has 0 spiro atoms. The summed E-state index contributed by atoms with van der Waals surface area (Å²) in [6.07, 6.45) is -4.39. The number of hydrogen-bond acceptors (Lipinski definition) is 7. The van der Waals surface area contributed by atoms with Crippen molar-refractivity contribution in [3.05, 3.63) is 88.2 Å². The third kappa shape index (κ3) is 5.37. The molecule has 0 saturated carbocycles. The molecular formula is C25H19F3N2O6. The highest BCUT2D eigenvalue weighted by atomic mass is 19.4. The van der Waals surface area contributed by atoms with E-state index in [0.717, 1.165) is 18.2 Å². The number of carbonyl (C=O) groups excluding carboxylic acids is 1. The molecule has 2 aromatic carbocycles. The zero-order chi connectivity index (χ0) is 25.9. The van der Waals surface area contributed by atoms with Crippen molar-refractivity contribution in [1.29, 1.82) is 0 Å². The predicted molar refractivity (Wildman–Crippen MR) is 124 cm³/mol. The van der Waals surface area contributed by atoms with Gasteiger partial charge in [-0.25, -0.2) is 4.98 Å². The molecule has 11 heteroatoms. The largest absolute Gasteiger partial charge is 0.474 e. The minimum atomic E-state index is -4.58. The maximum absolute atomic E-state index is 13.2. The fourth-order valence-corrected chi connectivity index (χ4v) is 3.36. The number of halogens is 3. The zero-order valence-corrected chi connectivity index (χ0v) is 18.5. The van der Waals surface area contributed by atoms with Gasteiger partial charge < -0.3 is 24.7 Å². The number of aliphatic hydroxyl groups is 2. The number of amides is 1. The number of fused-ring (bicyclic) bond motifs is 1. The minimum absolute atomic E-state index is 0.00368. The van der Waals surface area contributed by atoms with E-state index in [0.29, 0.717) is 0 Å². The molecule has 1 amide bonds. The van der Waals surface area contributed by atoms with Crippen molar-refractivity contribution < 1.29 is 37.3 Å². The molecule has 186 valence electrons. The first kappa shape index (κ1) is 24.9. The molecule has 0 bridgehead atoms. The third-order valence-corrected chi connectivity index (χ3v) is 5.12. The Hall–Kier alpha value is -4.22. The maximum Gasteiger partial charge on any atom is 0.416 e. The number of carbonyl (C=O) groups is 1. The number of nitrogens with one attached hydrogen (secondary N) is 1. The number of aromatic nitrogens is 1. The summed E-state index contributed by atoms with van der Waals surface area (Å²) >= 11 is 0. The fourth-order valence-electron chi connectivity index (χ4n) is 3.36. The lowest BCUT2D eigenvalue weighted by Crippen LogP contribution is -2.23. The first-order valence-corrected chi connectivity index (χ1v) is 10.6. The van der Waals surface area contributed by atoms with Gasteiger partial charge in [0.25, 0.3) is 5.91 Å². The lowest BCUT2D eigenvalue weighted by atomic mass is 10.1. The van der Waals surface area contributed by atoms with E-state index in [4.69, 9.17) is 14.3 Å². The van der Waals surface area contributed by atoms with Crippen LogP contribution in [-0.2, 0) is 6.18 Å². The Morgan fingerprint density at radius 2 is 1.89 bits per heavy atom. The third-order valence-electron chi connectivity index (χ3n) is 5.12. The standard InChI is InChI=1S/C25H19F3N2O6/c26-25(27,28)15-5-1-4-14(10-15)21-11-20(33)17-6-2-8-19(22(17)36-21)30-23(34)18-7-3-9-29-24(18)35-13-16(32)12-31/h1-11,16,31-32H,12-13H2,(H,30,34)/t16-/m0/s1. The smallest absolute Gasteiger partial charge is 0.416 e. The molecule has 0 fully saturated rings. The summed E-state index contributed by atoms with van der Waals surface area (Å²) < 4.78 is 50.6. The summed E-state index contributed by atoms with van der Waals surface area (Å²) in [7, 11) is 0. The van der Waals surface area contributed by atoms with Crippen LogP contribution in [-0.4, -0.2) is 40.4 Å². The number of alkyl halides is 3. The number of benzene rings is 2. The van der Waals surface area contributed by atoms with Crippen molar-refractivity contribution in [2.45, 2.75) is 12.3 Å². The summed E-state index contributed by atoms with van der Waals surface area (Å²) in [5.74, 6) is -0.895. The van der Waals surface area contributed by atoms with E-state index in [1.807, 2.05) is 0 Å². The number of ether oxygens (including phenoxy) is 1. The Morgan fingerprint density at radius 3 is 2.64 bits per heavy atom. The predicted octanol–water partition coefficient (Wildman–Crippen LogP) is 3.86. The Labute approximate surface area is 201 Å². The molecule has 2 heterocycles. The van der Waals surface area contributed by atoms with Gasteiger partial charge in [-0.1, -0.05) is 18.2 Å². The van der Waals surface area contributed by atoms with E-state index in [9.17, 15) is 27.9 Å². The molecule has 1 atom stereocenters. The van der Waals surface area contributed by atoms with Gasteiger partial charge in [0.2, 0.25) is 5.88 Å². The Balaban J connectivity index is 1.71. The van der Waals surface area contributed by atoms with Gasteiger partial charge in [-0.05, 0) is 36.4 Å².